The fourth-order valence-corrected chi connectivity index (χ4v) is 0.726. The monoisotopic (exact) mass is 144 g/mol. The van der Waals surface area contributed by atoms with E-state index in [-0.39, 0.29) is 0 Å². The summed E-state index contributed by atoms with van der Waals surface area (Å²) in [5, 5.41) is 0. The molecule has 0 atom stereocenters. The lowest BCUT2D eigenvalue weighted by atomic mass is 10.2. The van der Waals surface area contributed by atoms with Crippen molar-refractivity contribution in [2.45, 2.75) is 26.6 Å². The Balaban J connectivity index is 4.20. The second kappa shape index (κ2) is 3.74. The Morgan fingerprint density at radius 2 is 1.60 bits per heavy atom. The molecule has 0 aliphatic heterocycles. The van der Waals surface area contributed by atoms with Gasteiger partial charge >= 0.3 is 0 Å². The Kier molecular flexibility index (Phi) is 3.61. The van der Waals surface area contributed by atoms with Gasteiger partial charge in [0.2, 0.25) is 0 Å². The summed E-state index contributed by atoms with van der Waals surface area (Å²) in [5.74, 6) is -0.557. The van der Waals surface area contributed by atoms with Crippen LogP contribution in [0.3, 0.4) is 0 Å². The highest BCUT2D eigenvalue weighted by atomic mass is 16.7. The van der Waals surface area contributed by atoms with Crippen LogP contribution in [0.5, 0.6) is 0 Å². The molecule has 0 amide bonds. The number of methoxy groups -OCH3 is 2. The molecule has 0 bridgehead atoms. The van der Waals surface area contributed by atoms with Gasteiger partial charge in [0.05, 0.1) is 0 Å². The molecule has 0 aromatic heterocycles. The molecule has 0 spiro atoms. The van der Waals surface area contributed by atoms with Crippen LogP contribution in [-0.4, -0.2) is 20.0 Å². The van der Waals surface area contributed by atoms with Crippen molar-refractivity contribution in [1.82, 2.24) is 0 Å². The van der Waals surface area contributed by atoms with Gasteiger partial charge in [-0.2, -0.15) is 0 Å². The maximum atomic E-state index is 5.10. The standard InChI is InChI=1S/C8H16O2/c1-7(2)6-8(3,9-4)10-5/h6H,1-5H3. The largest absolute Gasteiger partial charge is 0.350 e. The van der Waals surface area contributed by atoms with Gasteiger partial charge in [0, 0.05) is 14.2 Å². The minimum Gasteiger partial charge on any atom is -0.350 e. The number of allylic oxidation sites excluding steroid dienone is 1. The first-order chi connectivity index (χ1) is 4.54. The normalized spacial score (nSPS) is 11.3. The molecule has 10 heavy (non-hydrogen) atoms. The van der Waals surface area contributed by atoms with Gasteiger partial charge in [-0.3, -0.25) is 0 Å². The molecular weight excluding hydrogens is 128 g/mol. The van der Waals surface area contributed by atoms with Crippen LogP contribution in [0.4, 0.5) is 0 Å². The van der Waals surface area contributed by atoms with E-state index >= 15 is 0 Å². The Morgan fingerprint density at radius 3 is 1.70 bits per heavy atom. The molecule has 0 fully saturated rings. The van der Waals surface area contributed by atoms with E-state index in [0.29, 0.717) is 0 Å². The van der Waals surface area contributed by atoms with E-state index in [4.69, 9.17) is 9.47 Å². The van der Waals surface area contributed by atoms with Crippen LogP contribution in [-0.2, 0) is 9.47 Å². The molecule has 0 unspecified atom stereocenters. The van der Waals surface area contributed by atoms with Gasteiger partial charge in [0.1, 0.15) is 0 Å². The smallest absolute Gasteiger partial charge is 0.184 e. The third kappa shape index (κ3) is 2.99. The van der Waals surface area contributed by atoms with Crippen molar-refractivity contribution in [2.75, 3.05) is 14.2 Å². The molecule has 0 heterocycles. The zero-order valence-electron chi connectivity index (χ0n) is 7.39. The maximum absolute atomic E-state index is 5.10. The van der Waals surface area contributed by atoms with Crippen molar-refractivity contribution >= 4 is 0 Å². The van der Waals surface area contributed by atoms with Crippen molar-refractivity contribution < 1.29 is 9.47 Å². The van der Waals surface area contributed by atoms with Crippen LogP contribution in [0.15, 0.2) is 11.6 Å². The zero-order chi connectivity index (χ0) is 8.20. The SMILES string of the molecule is COC(C)(C=C(C)C)OC. The highest BCUT2D eigenvalue weighted by Gasteiger charge is 2.17. The third-order valence-corrected chi connectivity index (χ3v) is 1.36. The van der Waals surface area contributed by atoms with Gasteiger partial charge in [-0.05, 0) is 26.8 Å². The molecular formula is C8H16O2. The maximum Gasteiger partial charge on any atom is 0.184 e. The second-order valence-corrected chi connectivity index (χ2v) is 2.65. The van der Waals surface area contributed by atoms with E-state index in [9.17, 15) is 0 Å². The first kappa shape index (κ1) is 9.66. The van der Waals surface area contributed by atoms with Gasteiger partial charge in [-0.15, -0.1) is 0 Å². The molecule has 0 radical (unpaired) electrons. The molecule has 0 aliphatic rings. The van der Waals surface area contributed by atoms with Crippen molar-refractivity contribution in [3.05, 3.63) is 11.6 Å². The predicted molar refractivity (Wildman–Crippen MR) is 41.9 cm³/mol. The lowest BCUT2D eigenvalue weighted by molar-refractivity contribution is -0.156. The predicted octanol–water partition coefficient (Wildman–Crippen LogP) is 1.96. The highest BCUT2D eigenvalue weighted by Crippen LogP contribution is 2.13. The highest BCUT2D eigenvalue weighted by molar-refractivity contribution is 5.01. The Morgan fingerprint density at radius 1 is 1.20 bits per heavy atom. The van der Waals surface area contributed by atoms with E-state index in [2.05, 4.69) is 0 Å². The molecule has 0 rings (SSSR count). The van der Waals surface area contributed by atoms with E-state index < -0.39 is 5.79 Å². The summed E-state index contributed by atoms with van der Waals surface area (Å²) >= 11 is 0. The Bertz CT molecular complexity index is 119. The van der Waals surface area contributed by atoms with Crippen LogP contribution >= 0.6 is 0 Å². The van der Waals surface area contributed by atoms with Crippen LogP contribution in [0, 0.1) is 0 Å². The number of hydrogen-bond donors (Lipinski definition) is 0. The van der Waals surface area contributed by atoms with Crippen molar-refractivity contribution in [3.8, 4) is 0 Å². The number of ether oxygens (including phenoxy) is 2. The van der Waals surface area contributed by atoms with Gasteiger partial charge in [-0.1, -0.05) is 5.57 Å². The van der Waals surface area contributed by atoms with Crippen molar-refractivity contribution in [2.24, 2.45) is 0 Å². The molecule has 60 valence electrons. The molecule has 0 aromatic carbocycles. The minimum atomic E-state index is -0.557. The first-order valence-corrected chi connectivity index (χ1v) is 3.30. The summed E-state index contributed by atoms with van der Waals surface area (Å²) in [6.07, 6.45) is 1.94. The molecule has 0 aliphatic carbocycles. The average molecular weight is 144 g/mol. The van der Waals surface area contributed by atoms with Gasteiger partial charge in [-0.25, -0.2) is 0 Å². The summed E-state index contributed by atoms with van der Waals surface area (Å²) in [5.41, 5.74) is 1.19. The second-order valence-electron chi connectivity index (χ2n) is 2.65. The van der Waals surface area contributed by atoms with E-state index in [0.717, 1.165) is 0 Å². The lowest BCUT2D eigenvalue weighted by Crippen LogP contribution is -2.26. The summed E-state index contributed by atoms with van der Waals surface area (Å²) in [4.78, 5) is 0. The van der Waals surface area contributed by atoms with E-state index in [1.807, 2.05) is 26.8 Å². The fraction of sp³-hybridized carbons (Fsp3) is 0.750. The van der Waals surface area contributed by atoms with E-state index in [1.165, 1.54) is 5.57 Å². The molecule has 2 nitrogen and oxygen atoms in total. The molecule has 0 aromatic rings. The number of hydrogen-bond acceptors (Lipinski definition) is 2. The van der Waals surface area contributed by atoms with Crippen LogP contribution in [0.25, 0.3) is 0 Å². The summed E-state index contributed by atoms with van der Waals surface area (Å²) in [7, 11) is 3.26. The van der Waals surface area contributed by atoms with Crippen LogP contribution < -0.4 is 0 Å². The number of rotatable bonds is 3. The summed E-state index contributed by atoms with van der Waals surface area (Å²) < 4.78 is 10.2. The molecule has 2 heteroatoms. The average Bonchev–Trinajstić information content (AvgIpc) is 1.87. The van der Waals surface area contributed by atoms with Gasteiger partial charge in [0.25, 0.3) is 0 Å². The molecule has 0 saturated heterocycles. The summed E-state index contributed by atoms with van der Waals surface area (Å²) in [6.45, 7) is 5.90. The van der Waals surface area contributed by atoms with Gasteiger partial charge in [0.15, 0.2) is 5.79 Å². The van der Waals surface area contributed by atoms with E-state index in [1.54, 1.807) is 14.2 Å². The van der Waals surface area contributed by atoms with Gasteiger partial charge < -0.3 is 9.47 Å². The topological polar surface area (TPSA) is 18.5 Å². The minimum absolute atomic E-state index is 0.557. The summed E-state index contributed by atoms with van der Waals surface area (Å²) in [6, 6.07) is 0. The zero-order valence-corrected chi connectivity index (χ0v) is 7.39. The van der Waals surface area contributed by atoms with Crippen LogP contribution in [0.2, 0.25) is 0 Å². The van der Waals surface area contributed by atoms with Crippen molar-refractivity contribution in [3.63, 3.8) is 0 Å². The lowest BCUT2D eigenvalue weighted by Gasteiger charge is -2.22. The molecule has 0 saturated carbocycles. The Labute approximate surface area is 62.8 Å². The fourth-order valence-electron chi connectivity index (χ4n) is 0.726. The van der Waals surface area contributed by atoms with Crippen molar-refractivity contribution in [1.29, 1.82) is 0 Å². The Hall–Kier alpha value is -0.340. The first-order valence-electron chi connectivity index (χ1n) is 3.30. The third-order valence-electron chi connectivity index (χ3n) is 1.36. The van der Waals surface area contributed by atoms with Crippen LogP contribution in [0.1, 0.15) is 20.8 Å². The quantitative estimate of drug-likeness (QED) is 0.445. The molecule has 0 N–H and O–H groups in total.